The molecule has 0 aliphatic rings. The Kier molecular flexibility index (Phi) is 5.29. The fourth-order valence-corrected chi connectivity index (χ4v) is 1.96. The van der Waals surface area contributed by atoms with Crippen LogP contribution in [0.4, 0.5) is 0 Å². The van der Waals surface area contributed by atoms with E-state index in [1.807, 2.05) is 12.1 Å². The molecule has 0 unspecified atom stereocenters. The van der Waals surface area contributed by atoms with E-state index < -0.39 is 0 Å². The van der Waals surface area contributed by atoms with Crippen molar-refractivity contribution in [3.05, 3.63) is 33.3 Å². The van der Waals surface area contributed by atoms with E-state index in [1.165, 1.54) is 6.42 Å². The van der Waals surface area contributed by atoms with Crippen molar-refractivity contribution in [1.82, 2.24) is 5.32 Å². The highest BCUT2D eigenvalue weighted by Gasteiger charge is 2.09. The van der Waals surface area contributed by atoms with Crippen LogP contribution in [0.15, 0.2) is 22.7 Å². The molecule has 1 N–H and O–H groups in total. The van der Waals surface area contributed by atoms with Crippen LogP contribution in [0, 0.1) is 5.41 Å². The molecule has 0 spiro atoms. The van der Waals surface area contributed by atoms with Crippen molar-refractivity contribution < 1.29 is 0 Å². The van der Waals surface area contributed by atoms with Crippen LogP contribution in [0.3, 0.4) is 0 Å². The molecular formula is C13H19BrClN. The summed E-state index contributed by atoms with van der Waals surface area (Å²) in [5.74, 6) is 0. The first kappa shape index (κ1) is 14.0. The number of hydrogen-bond donors (Lipinski definition) is 1. The van der Waals surface area contributed by atoms with Gasteiger partial charge in [0.2, 0.25) is 0 Å². The zero-order chi connectivity index (χ0) is 12.2. The Morgan fingerprint density at radius 1 is 1.31 bits per heavy atom. The third-order valence-electron chi connectivity index (χ3n) is 2.37. The molecule has 1 nitrogen and oxygen atoms in total. The monoisotopic (exact) mass is 303 g/mol. The van der Waals surface area contributed by atoms with Crippen molar-refractivity contribution in [2.45, 2.75) is 33.7 Å². The Labute approximate surface area is 112 Å². The lowest BCUT2D eigenvalue weighted by atomic mass is 9.92. The summed E-state index contributed by atoms with van der Waals surface area (Å²) in [6.07, 6.45) is 1.17. The average molecular weight is 305 g/mol. The third-order valence-corrected chi connectivity index (χ3v) is 3.24. The van der Waals surface area contributed by atoms with Crippen LogP contribution in [0.1, 0.15) is 32.8 Å². The highest BCUT2D eigenvalue weighted by molar-refractivity contribution is 9.10. The largest absolute Gasteiger partial charge is 0.313 e. The fourth-order valence-electron chi connectivity index (χ4n) is 1.37. The first-order valence-corrected chi connectivity index (χ1v) is 6.70. The molecule has 0 saturated heterocycles. The molecule has 0 amide bonds. The lowest BCUT2D eigenvalue weighted by molar-refractivity contribution is 0.366. The minimum Gasteiger partial charge on any atom is -0.313 e. The second-order valence-corrected chi connectivity index (χ2v) is 6.55. The zero-order valence-electron chi connectivity index (χ0n) is 10.1. The van der Waals surface area contributed by atoms with Gasteiger partial charge in [0.1, 0.15) is 0 Å². The van der Waals surface area contributed by atoms with Gasteiger partial charge in [-0.2, -0.15) is 0 Å². The molecule has 0 bridgehead atoms. The Hall–Kier alpha value is -0.0500. The smallest absolute Gasteiger partial charge is 0.0451 e. The Morgan fingerprint density at radius 3 is 2.62 bits per heavy atom. The van der Waals surface area contributed by atoms with E-state index in [0.717, 1.165) is 28.1 Å². The summed E-state index contributed by atoms with van der Waals surface area (Å²) in [6, 6.07) is 5.94. The van der Waals surface area contributed by atoms with Gasteiger partial charge in [-0.25, -0.2) is 0 Å². The van der Waals surface area contributed by atoms with Crippen LogP contribution < -0.4 is 5.32 Å². The molecule has 0 saturated carbocycles. The summed E-state index contributed by atoms with van der Waals surface area (Å²) in [7, 11) is 0. The third kappa shape index (κ3) is 5.33. The maximum Gasteiger partial charge on any atom is 0.0451 e. The zero-order valence-corrected chi connectivity index (χ0v) is 12.5. The fraction of sp³-hybridized carbons (Fsp3) is 0.538. The van der Waals surface area contributed by atoms with Gasteiger partial charge in [-0.3, -0.25) is 0 Å². The van der Waals surface area contributed by atoms with Gasteiger partial charge in [0.05, 0.1) is 0 Å². The number of hydrogen-bond acceptors (Lipinski definition) is 1. The molecule has 3 heteroatoms. The molecule has 1 rings (SSSR count). The molecular weight excluding hydrogens is 286 g/mol. The SMILES string of the molecule is CC(C)(C)CCNCc1cc(Br)ccc1Cl. The number of halogens is 2. The molecule has 90 valence electrons. The molecule has 0 heterocycles. The standard InChI is InChI=1S/C13H19BrClN/c1-13(2,3)6-7-16-9-10-8-11(14)4-5-12(10)15/h4-5,8,16H,6-7,9H2,1-3H3. The normalized spacial score (nSPS) is 11.8. The molecule has 0 aliphatic carbocycles. The van der Waals surface area contributed by atoms with Gasteiger partial charge in [0.15, 0.2) is 0 Å². The summed E-state index contributed by atoms with van der Waals surface area (Å²) in [6.45, 7) is 8.60. The lowest BCUT2D eigenvalue weighted by Gasteiger charge is -2.18. The van der Waals surface area contributed by atoms with Crippen molar-refractivity contribution in [2.75, 3.05) is 6.54 Å². The van der Waals surface area contributed by atoms with Gasteiger partial charge in [-0.05, 0) is 42.1 Å². The maximum absolute atomic E-state index is 6.10. The van der Waals surface area contributed by atoms with Crippen molar-refractivity contribution in [3.8, 4) is 0 Å². The van der Waals surface area contributed by atoms with E-state index in [0.29, 0.717) is 5.41 Å². The molecule has 0 fully saturated rings. The molecule has 16 heavy (non-hydrogen) atoms. The molecule has 0 aromatic heterocycles. The van der Waals surface area contributed by atoms with E-state index in [4.69, 9.17) is 11.6 Å². The van der Waals surface area contributed by atoms with Crippen LogP contribution >= 0.6 is 27.5 Å². The van der Waals surface area contributed by atoms with Crippen molar-refractivity contribution in [2.24, 2.45) is 5.41 Å². The maximum atomic E-state index is 6.10. The first-order valence-electron chi connectivity index (χ1n) is 5.53. The Bertz CT molecular complexity index is 344. The van der Waals surface area contributed by atoms with Crippen molar-refractivity contribution >= 4 is 27.5 Å². The minimum atomic E-state index is 0.383. The van der Waals surface area contributed by atoms with Crippen LogP contribution in [-0.2, 0) is 6.54 Å². The van der Waals surface area contributed by atoms with Gasteiger partial charge in [0.25, 0.3) is 0 Å². The van der Waals surface area contributed by atoms with Crippen LogP contribution in [0.5, 0.6) is 0 Å². The summed E-state index contributed by atoms with van der Waals surface area (Å²) in [4.78, 5) is 0. The number of rotatable bonds is 4. The Morgan fingerprint density at radius 2 is 2.00 bits per heavy atom. The van der Waals surface area contributed by atoms with E-state index in [1.54, 1.807) is 0 Å². The van der Waals surface area contributed by atoms with Gasteiger partial charge >= 0.3 is 0 Å². The molecule has 1 aromatic rings. The van der Waals surface area contributed by atoms with Gasteiger partial charge in [-0.1, -0.05) is 48.3 Å². The topological polar surface area (TPSA) is 12.0 Å². The van der Waals surface area contributed by atoms with Crippen LogP contribution in [-0.4, -0.2) is 6.54 Å². The first-order chi connectivity index (χ1) is 7.38. The predicted octanol–water partition coefficient (Wildman–Crippen LogP) is 4.63. The van der Waals surface area contributed by atoms with E-state index >= 15 is 0 Å². The van der Waals surface area contributed by atoms with E-state index in [-0.39, 0.29) is 0 Å². The summed E-state index contributed by atoms with van der Waals surface area (Å²) < 4.78 is 1.07. The molecule has 0 aliphatic heterocycles. The number of nitrogens with one attached hydrogen (secondary N) is 1. The molecule has 1 aromatic carbocycles. The quantitative estimate of drug-likeness (QED) is 0.800. The van der Waals surface area contributed by atoms with Gasteiger partial charge in [-0.15, -0.1) is 0 Å². The molecule has 0 atom stereocenters. The summed E-state index contributed by atoms with van der Waals surface area (Å²) >= 11 is 9.55. The van der Waals surface area contributed by atoms with Crippen molar-refractivity contribution in [1.29, 1.82) is 0 Å². The molecule has 0 radical (unpaired) electrons. The van der Waals surface area contributed by atoms with Crippen molar-refractivity contribution in [3.63, 3.8) is 0 Å². The number of benzene rings is 1. The summed E-state index contributed by atoms with van der Waals surface area (Å²) in [5, 5.41) is 4.25. The predicted molar refractivity (Wildman–Crippen MR) is 74.9 cm³/mol. The lowest BCUT2D eigenvalue weighted by Crippen LogP contribution is -2.20. The highest BCUT2D eigenvalue weighted by atomic mass is 79.9. The summed E-state index contributed by atoms with van der Waals surface area (Å²) in [5.41, 5.74) is 1.53. The Balaban J connectivity index is 2.40. The van der Waals surface area contributed by atoms with Gasteiger partial charge in [0, 0.05) is 16.0 Å². The minimum absolute atomic E-state index is 0.383. The second kappa shape index (κ2) is 6.04. The van der Waals surface area contributed by atoms with Gasteiger partial charge < -0.3 is 5.32 Å². The van der Waals surface area contributed by atoms with E-state index in [9.17, 15) is 0 Å². The van der Waals surface area contributed by atoms with E-state index in [2.05, 4.69) is 48.1 Å². The second-order valence-electron chi connectivity index (χ2n) is 5.22. The van der Waals surface area contributed by atoms with Crippen LogP contribution in [0.25, 0.3) is 0 Å². The van der Waals surface area contributed by atoms with Crippen LogP contribution in [0.2, 0.25) is 5.02 Å². The average Bonchev–Trinajstić information content (AvgIpc) is 2.16. The highest BCUT2D eigenvalue weighted by Crippen LogP contribution is 2.21.